The number of sulfonamides is 1. The van der Waals surface area contributed by atoms with Crippen LogP contribution in [0.5, 0.6) is 0 Å². The highest BCUT2D eigenvalue weighted by Gasteiger charge is 2.41. The van der Waals surface area contributed by atoms with Gasteiger partial charge in [-0.25, -0.2) is 17.5 Å². The average Bonchev–Trinajstić information content (AvgIpc) is 2.51. The molecule has 0 aliphatic carbocycles. The zero-order valence-electron chi connectivity index (χ0n) is 19.1. The summed E-state index contributed by atoms with van der Waals surface area (Å²) in [7, 11) is 0.695. The van der Waals surface area contributed by atoms with Gasteiger partial charge in [0.25, 0.3) is 0 Å². The number of nitrogens with zero attached hydrogens (tertiary/aromatic N) is 3. The third kappa shape index (κ3) is 9.12. The lowest BCUT2D eigenvalue weighted by atomic mass is 9.83. The minimum absolute atomic E-state index is 0.0275. The Balaban J connectivity index is 6.19. The maximum atomic E-state index is 13.4. The summed E-state index contributed by atoms with van der Waals surface area (Å²) in [6.45, 7) is 9.09. The van der Waals surface area contributed by atoms with Gasteiger partial charge < -0.3 is 10.0 Å². The monoisotopic (exact) mass is 435 g/mol. The minimum Gasteiger partial charge on any atom is -0.481 e. The molecule has 0 aromatic heterocycles. The average molecular weight is 436 g/mol. The number of amides is 3. The predicted molar refractivity (Wildman–Crippen MR) is 112 cm³/mol. The van der Waals surface area contributed by atoms with Crippen LogP contribution in [0, 0.1) is 23.2 Å². The van der Waals surface area contributed by atoms with E-state index in [0.717, 1.165) is 15.5 Å². The third-order valence-electron chi connectivity index (χ3n) is 4.38. The molecular weight excluding hydrogens is 398 g/mol. The molecule has 10 heteroatoms. The van der Waals surface area contributed by atoms with Gasteiger partial charge in [-0.2, -0.15) is 0 Å². The van der Waals surface area contributed by atoms with E-state index in [0.29, 0.717) is 0 Å². The van der Waals surface area contributed by atoms with Gasteiger partial charge in [0.1, 0.15) is 0 Å². The van der Waals surface area contributed by atoms with E-state index in [4.69, 9.17) is 0 Å². The Labute approximate surface area is 175 Å². The van der Waals surface area contributed by atoms with Gasteiger partial charge in [-0.3, -0.25) is 14.5 Å². The fourth-order valence-corrected chi connectivity index (χ4v) is 3.32. The van der Waals surface area contributed by atoms with Gasteiger partial charge in [0.2, 0.25) is 15.9 Å². The van der Waals surface area contributed by atoms with Crippen LogP contribution in [-0.2, 0) is 19.6 Å². The molecule has 2 atom stereocenters. The summed E-state index contributed by atoms with van der Waals surface area (Å²) in [6.07, 6.45) is 1.20. The van der Waals surface area contributed by atoms with Crippen molar-refractivity contribution in [3.05, 3.63) is 0 Å². The van der Waals surface area contributed by atoms with Crippen LogP contribution in [0.1, 0.15) is 41.0 Å². The highest BCUT2D eigenvalue weighted by Crippen LogP contribution is 2.27. The Morgan fingerprint density at radius 3 is 1.79 bits per heavy atom. The second-order valence-electron chi connectivity index (χ2n) is 9.39. The number of carboxylic acid groups (broad SMARTS) is 1. The SMILES string of the molecule is CC(C)CC(C(=O)N(CC(C)(C)C)C(=O)N(C)C)C(CN(C)S(C)(=O)=O)C(=O)O. The number of imide groups is 1. The Morgan fingerprint density at radius 1 is 1.00 bits per heavy atom. The smallest absolute Gasteiger partial charge is 0.326 e. The van der Waals surface area contributed by atoms with Crippen molar-refractivity contribution in [2.45, 2.75) is 41.0 Å². The summed E-state index contributed by atoms with van der Waals surface area (Å²) in [5, 5.41) is 9.79. The molecule has 0 aromatic carbocycles. The molecule has 0 saturated carbocycles. The van der Waals surface area contributed by atoms with E-state index in [9.17, 15) is 27.9 Å². The zero-order valence-corrected chi connectivity index (χ0v) is 19.9. The van der Waals surface area contributed by atoms with Crippen molar-refractivity contribution in [2.24, 2.45) is 23.2 Å². The second kappa shape index (κ2) is 10.4. The lowest BCUT2D eigenvalue weighted by molar-refractivity contribution is -0.150. The van der Waals surface area contributed by atoms with Crippen LogP contribution in [0.4, 0.5) is 4.79 Å². The molecule has 0 aliphatic heterocycles. The first kappa shape index (κ1) is 27.3. The topological polar surface area (TPSA) is 115 Å². The van der Waals surface area contributed by atoms with Gasteiger partial charge in [0, 0.05) is 34.2 Å². The second-order valence-corrected chi connectivity index (χ2v) is 11.5. The molecule has 0 radical (unpaired) electrons. The number of aliphatic carboxylic acids is 1. The van der Waals surface area contributed by atoms with E-state index < -0.39 is 45.2 Å². The molecule has 0 bridgehead atoms. The minimum atomic E-state index is -3.63. The third-order valence-corrected chi connectivity index (χ3v) is 5.66. The van der Waals surface area contributed by atoms with Gasteiger partial charge in [-0.1, -0.05) is 34.6 Å². The van der Waals surface area contributed by atoms with Gasteiger partial charge in [0.15, 0.2) is 0 Å². The first-order chi connectivity index (χ1) is 12.9. The van der Waals surface area contributed by atoms with Crippen molar-refractivity contribution >= 4 is 27.9 Å². The predicted octanol–water partition coefficient (Wildman–Crippen LogP) is 1.80. The molecule has 9 nitrogen and oxygen atoms in total. The van der Waals surface area contributed by atoms with Gasteiger partial charge >= 0.3 is 12.0 Å². The first-order valence-electron chi connectivity index (χ1n) is 9.55. The Kier molecular flexibility index (Phi) is 9.78. The van der Waals surface area contributed by atoms with E-state index in [2.05, 4.69) is 0 Å². The van der Waals surface area contributed by atoms with E-state index in [1.165, 1.54) is 26.0 Å². The Hall–Kier alpha value is -1.68. The zero-order chi connectivity index (χ0) is 23.3. The normalized spacial score (nSPS) is 14.6. The number of hydrogen-bond donors (Lipinski definition) is 1. The maximum absolute atomic E-state index is 13.4. The number of urea groups is 1. The summed E-state index contributed by atoms with van der Waals surface area (Å²) in [5.74, 6) is -4.21. The van der Waals surface area contributed by atoms with Crippen molar-refractivity contribution in [1.29, 1.82) is 0 Å². The molecular formula is C19H37N3O6S. The molecule has 0 aromatic rings. The van der Waals surface area contributed by atoms with Crippen LogP contribution < -0.4 is 0 Å². The number of hydrogen-bond acceptors (Lipinski definition) is 5. The van der Waals surface area contributed by atoms with Crippen LogP contribution >= 0.6 is 0 Å². The number of carbonyl (C=O) groups is 3. The van der Waals surface area contributed by atoms with Crippen LogP contribution in [0.3, 0.4) is 0 Å². The largest absolute Gasteiger partial charge is 0.481 e. The fraction of sp³-hybridized carbons (Fsp3) is 0.842. The Bertz CT molecular complexity index is 697. The standard InChI is InChI=1S/C19H37N3O6S/c1-13(2)10-14(15(17(24)25)11-21(8)29(9,27)28)16(23)22(12-19(3,4)5)18(26)20(6)7/h13-15H,10-12H2,1-9H3,(H,24,25). The van der Waals surface area contributed by atoms with Gasteiger partial charge in [0.05, 0.1) is 18.1 Å². The summed E-state index contributed by atoms with van der Waals surface area (Å²) in [4.78, 5) is 40.5. The summed E-state index contributed by atoms with van der Waals surface area (Å²) < 4.78 is 24.5. The van der Waals surface area contributed by atoms with E-state index in [1.807, 2.05) is 34.6 Å². The fourth-order valence-electron chi connectivity index (χ4n) is 2.89. The highest BCUT2D eigenvalue weighted by atomic mass is 32.2. The Morgan fingerprint density at radius 2 is 1.48 bits per heavy atom. The van der Waals surface area contributed by atoms with Crippen LogP contribution in [-0.4, -0.2) is 86.0 Å². The summed E-state index contributed by atoms with van der Waals surface area (Å²) in [6, 6.07) is -0.528. The maximum Gasteiger partial charge on any atom is 0.326 e. The molecule has 0 spiro atoms. The first-order valence-corrected chi connectivity index (χ1v) is 11.4. The number of rotatable bonds is 9. The number of carboxylic acids is 1. The molecule has 3 amide bonds. The van der Waals surface area contributed by atoms with Crippen LogP contribution in [0.25, 0.3) is 0 Å². The van der Waals surface area contributed by atoms with Crippen LogP contribution in [0.2, 0.25) is 0 Å². The van der Waals surface area contributed by atoms with Crippen molar-refractivity contribution in [3.8, 4) is 0 Å². The van der Waals surface area contributed by atoms with E-state index >= 15 is 0 Å². The highest BCUT2D eigenvalue weighted by molar-refractivity contribution is 7.88. The molecule has 29 heavy (non-hydrogen) atoms. The quantitative estimate of drug-likeness (QED) is 0.590. The van der Waals surface area contributed by atoms with E-state index in [1.54, 1.807) is 0 Å². The molecule has 2 unspecified atom stereocenters. The van der Waals surface area contributed by atoms with Crippen molar-refractivity contribution in [2.75, 3.05) is 40.5 Å². The van der Waals surface area contributed by atoms with Crippen molar-refractivity contribution < 1.29 is 27.9 Å². The van der Waals surface area contributed by atoms with Crippen molar-refractivity contribution in [1.82, 2.24) is 14.1 Å². The molecule has 1 N–H and O–H groups in total. The number of carbonyl (C=O) groups excluding carboxylic acids is 2. The molecule has 0 aliphatic rings. The van der Waals surface area contributed by atoms with Crippen LogP contribution in [0.15, 0.2) is 0 Å². The summed E-state index contributed by atoms with van der Waals surface area (Å²) in [5.41, 5.74) is -0.397. The van der Waals surface area contributed by atoms with Crippen molar-refractivity contribution in [3.63, 3.8) is 0 Å². The molecule has 170 valence electrons. The molecule has 0 rings (SSSR count). The summed E-state index contributed by atoms with van der Waals surface area (Å²) >= 11 is 0. The lowest BCUT2D eigenvalue weighted by Gasteiger charge is -2.35. The van der Waals surface area contributed by atoms with E-state index in [-0.39, 0.29) is 25.4 Å². The van der Waals surface area contributed by atoms with Gasteiger partial charge in [-0.15, -0.1) is 0 Å². The van der Waals surface area contributed by atoms with Gasteiger partial charge in [-0.05, 0) is 17.8 Å². The molecule has 0 fully saturated rings. The lowest BCUT2D eigenvalue weighted by Crippen LogP contribution is -2.52. The molecule has 0 saturated heterocycles. The molecule has 0 heterocycles.